The fourth-order valence-electron chi connectivity index (χ4n) is 1.56. The molecule has 1 aromatic heterocycles. The number of hydrogen-bond donors (Lipinski definition) is 2. The Hall–Kier alpha value is -1.10. The first-order valence-corrected chi connectivity index (χ1v) is 5.98. The van der Waals surface area contributed by atoms with Crippen LogP contribution in [0.5, 0.6) is 0 Å². The van der Waals surface area contributed by atoms with Crippen molar-refractivity contribution in [1.29, 1.82) is 0 Å². The predicted molar refractivity (Wildman–Crippen MR) is 66.2 cm³/mol. The highest BCUT2D eigenvalue weighted by molar-refractivity contribution is 7.18. The molecule has 0 aliphatic heterocycles. The van der Waals surface area contributed by atoms with Gasteiger partial charge in [0.25, 0.3) is 0 Å². The fourth-order valence-corrected chi connectivity index (χ4v) is 2.86. The Morgan fingerprint density at radius 3 is 3.00 bits per heavy atom. The van der Waals surface area contributed by atoms with Gasteiger partial charge in [0, 0.05) is 0 Å². The number of rotatable bonds is 3. The quantitative estimate of drug-likeness (QED) is 0.886. The van der Waals surface area contributed by atoms with Crippen LogP contribution in [0.2, 0.25) is 5.02 Å². The van der Waals surface area contributed by atoms with Gasteiger partial charge >= 0.3 is 5.97 Å². The number of aliphatic carboxylic acids is 1. The average Bonchev–Trinajstić information content (AvgIpc) is 2.63. The maximum absolute atomic E-state index is 10.7. The third-order valence-corrected chi connectivity index (χ3v) is 3.89. The third kappa shape index (κ3) is 2.04. The first-order valence-electron chi connectivity index (χ1n) is 4.72. The largest absolute Gasteiger partial charge is 0.480 e. The van der Waals surface area contributed by atoms with E-state index in [9.17, 15) is 4.79 Å². The molecule has 1 heterocycles. The average molecular weight is 256 g/mol. The van der Waals surface area contributed by atoms with E-state index in [1.54, 1.807) is 0 Å². The molecule has 0 aliphatic rings. The van der Waals surface area contributed by atoms with Crippen molar-refractivity contribution in [3.05, 3.63) is 34.2 Å². The summed E-state index contributed by atoms with van der Waals surface area (Å²) in [7, 11) is 0. The molecule has 3 nitrogen and oxygen atoms in total. The Balaban J connectivity index is 2.39. The van der Waals surface area contributed by atoms with Crippen LogP contribution in [0.1, 0.15) is 5.56 Å². The highest BCUT2D eigenvalue weighted by Crippen LogP contribution is 2.32. The van der Waals surface area contributed by atoms with Gasteiger partial charge in [-0.25, -0.2) is 0 Å². The number of hydrogen-bond acceptors (Lipinski definition) is 3. The summed E-state index contributed by atoms with van der Waals surface area (Å²) in [5.74, 6) is -0.985. The summed E-state index contributed by atoms with van der Waals surface area (Å²) < 4.78 is 0.983. The number of carboxylic acids is 1. The molecule has 0 saturated carbocycles. The van der Waals surface area contributed by atoms with Crippen LogP contribution in [-0.4, -0.2) is 17.1 Å². The van der Waals surface area contributed by atoms with Crippen LogP contribution in [0.25, 0.3) is 10.1 Å². The standard InChI is InChI=1S/C11H10ClNO2S/c12-8-3-1-2-7-6(5-16-10(7)8)4-9(13)11(14)15/h1-3,5,9H,4,13H2,(H,14,15)/t9-/m0/s1. The van der Waals surface area contributed by atoms with Gasteiger partial charge in [0.05, 0.1) is 9.72 Å². The second-order valence-electron chi connectivity index (χ2n) is 3.53. The molecular weight excluding hydrogens is 246 g/mol. The Kier molecular flexibility index (Phi) is 3.14. The molecule has 0 aliphatic carbocycles. The van der Waals surface area contributed by atoms with E-state index in [0.29, 0.717) is 11.4 Å². The summed E-state index contributed by atoms with van der Waals surface area (Å²) >= 11 is 7.55. The molecule has 0 fully saturated rings. The van der Waals surface area contributed by atoms with E-state index in [0.717, 1.165) is 15.6 Å². The molecular formula is C11H10ClNO2S. The van der Waals surface area contributed by atoms with E-state index in [2.05, 4.69) is 0 Å². The summed E-state index contributed by atoms with van der Waals surface area (Å²) in [6.07, 6.45) is 0.329. The Labute approximate surface area is 101 Å². The third-order valence-electron chi connectivity index (χ3n) is 2.39. The van der Waals surface area contributed by atoms with Gasteiger partial charge in [-0.1, -0.05) is 23.7 Å². The maximum atomic E-state index is 10.7. The van der Waals surface area contributed by atoms with Crippen molar-refractivity contribution >= 4 is 39.0 Å². The van der Waals surface area contributed by atoms with Crippen molar-refractivity contribution in [2.24, 2.45) is 5.73 Å². The zero-order valence-corrected chi connectivity index (χ0v) is 9.89. The smallest absolute Gasteiger partial charge is 0.320 e. The lowest BCUT2D eigenvalue weighted by molar-refractivity contribution is -0.138. The molecule has 0 spiro atoms. The summed E-state index contributed by atoms with van der Waals surface area (Å²) in [5.41, 5.74) is 6.45. The Morgan fingerprint density at radius 2 is 2.31 bits per heavy atom. The highest BCUT2D eigenvalue weighted by atomic mass is 35.5. The van der Waals surface area contributed by atoms with Gasteiger partial charge in [0.2, 0.25) is 0 Å². The fraction of sp³-hybridized carbons (Fsp3) is 0.182. The molecule has 0 unspecified atom stereocenters. The number of halogens is 1. The minimum Gasteiger partial charge on any atom is -0.480 e. The van der Waals surface area contributed by atoms with Crippen LogP contribution in [-0.2, 0) is 11.2 Å². The van der Waals surface area contributed by atoms with E-state index in [1.165, 1.54) is 11.3 Å². The van der Waals surface area contributed by atoms with Crippen LogP contribution in [0.3, 0.4) is 0 Å². The first kappa shape index (κ1) is 11.4. The lowest BCUT2D eigenvalue weighted by Gasteiger charge is -2.04. The molecule has 0 saturated heterocycles. The molecule has 0 radical (unpaired) electrons. The van der Waals surface area contributed by atoms with Crippen LogP contribution < -0.4 is 5.73 Å². The predicted octanol–water partition coefficient (Wildman–Crippen LogP) is 2.51. The van der Waals surface area contributed by atoms with E-state index >= 15 is 0 Å². The molecule has 0 amide bonds. The molecule has 0 bridgehead atoms. The normalized spacial score (nSPS) is 12.9. The molecule has 84 valence electrons. The molecule has 3 N–H and O–H groups in total. The van der Waals surface area contributed by atoms with Gasteiger partial charge < -0.3 is 10.8 Å². The maximum Gasteiger partial charge on any atom is 0.320 e. The first-order chi connectivity index (χ1) is 7.59. The van der Waals surface area contributed by atoms with Crippen LogP contribution in [0, 0.1) is 0 Å². The summed E-state index contributed by atoms with van der Waals surface area (Å²) in [6.45, 7) is 0. The topological polar surface area (TPSA) is 63.3 Å². The zero-order chi connectivity index (χ0) is 11.7. The number of benzene rings is 1. The molecule has 1 atom stereocenters. The van der Waals surface area contributed by atoms with Gasteiger partial charge in [0.15, 0.2) is 0 Å². The van der Waals surface area contributed by atoms with Crippen LogP contribution >= 0.6 is 22.9 Å². The summed E-state index contributed by atoms with van der Waals surface area (Å²) in [4.78, 5) is 10.7. The Bertz CT molecular complexity index is 538. The van der Waals surface area contributed by atoms with E-state index in [4.69, 9.17) is 22.4 Å². The van der Waals surface area contributed by atoms with Crippen molar-refractivity contribution in [3.63, 3.8) is 0 Å². The van der Waals surface area contributed by atoms with Crippen molar-refractivity contribution in [3.8, 4) is 0 Å². The zero-order valence-electron chi connectivity index (χ0n) is 8.31. The van der Waals surface area contributed by atoms with E-state index < -0.39 is 12.0 Å². The monoisotopic (exact) mass is 255 g/mol. The lowest BCUT2D eigenvalue weighted by atomic mass is 10.1. The van der Waals surface area contributed by atoms with Gasteiger partial charge in [0.1, 0.15) is 6.04 Å². The van der Waals surface area contributed by atoms with Gasteiger partial charge in [-0.2, -0.15) is 0 Å². The molecule has 16 heavy (non-hydrogen) atoms. The minimum atomic E-state index is -0.985. The molecule has 5 heteroatoms. The number of carboxylic acid groups (broad SMARTS) is 1. The Morgan fingerprint density at radius 1 is 1.56 bits per heavy atom. The van der Waals surface area contributed by atoms with Gasteiger partial charge in [-0.05, 0) is 28.8 Å². The number of fused-ring (bicyclic) bond motifs is 1. The van der Waals surface area contributed by atoms with Gasteiger partial charge in [-0.15, -0.1) is 11.3 Å². The van der Waals surface area contributed by atoms with Crippen molar-refractivity contribution in [2.45, 2.75) is 12.5 Å². The van der Waals surface area contributed by atoms with Crippen molar-refractivity contribution in [1.82, 2.24) is 0 Å². The second-order valence-corrected chi connectivity index (χ2v) is 4.81. The second kappa shape index (κ2) is 4.41. The van der Waals surface area contributed by atoms with Crippen LogP contribution in [0.15, 0.2) is 23.6 Å². The van der Waals surface area contributed by atoms with E-state index in [-0.39, 0.29) is 0 Å². The minimum absolute atomic E-state index is 0.329. The number of thiophene rings is 1. The van der Waals surface area contributed by atoms with Crippen molar-refractivity contribution in [2.75, 3.05) is 0 Å². The molecule has 2 aromatic rings. The van der Waals surface area contributed by atoms with Crippen LogP contribution in [0.4, 0.5) is 0 Å². The highest BCUT2D eigenvalue weighted by Gasteiger charge is 2.15. The van der Waals surface area contributed by atoms with E-state index in [1.807, 2.05) is 23.6 Å². The lowest BCUT2D eigenvalue weighted by Crippen LogP contribution is -2.32. The SMILES string of the molecule is N[C@@H](Cc1csc2c(Cl)cccc12)C(=O)O. The summed E-state index contributed by atoms with van der Waals surface area (Å²) in [5, 5.41) is 12.4. The van der Waals surface area contributed by atoms with Crippen molar-refractivity contribution < 1.29 is 9.90 Å². The molecule has 2 rings (SSSR count). The molecule has 1 aromatic carbocycles. The summed E-state index contributed by atoms with van der Waals surface area (Å²) in [6, 6.07) is 4.74. The number of nitrogens with two attached hydrogens (primary N) is 1. The number of carbonyl (C=O) groups is 1. The van der Waals surface area contributed by atoms with Gasteiger partial charge in [-0.3, -0.25) is 4.79 Å².